The van der Waals surface area contributed by atoms with Crippen LogP contribution in [-0.4, -0.2) is 64.1 Å². The molecule has 1 saturated heterocycles. The number of carbonyl (C=O) groups is 1. The summed E-state index contributed by atoms with van der Waals surface area (Å²) in [4.78, 5) is 14.1. The van der Waals surface area contributed by atoms with E-state index in [-0.39, 0.29) is 24.0 Å². The highest BCUT2D eigenvalue weighted by Crippen LogP contribution is 2.31. The molecular weight excluding hydrogens is 344 g/mol. The van der Waals surface area contributed by atoms with E-state index in [0.717, 1.165) is 5.56 Å². The van der Waals surface area contributed by atoms with E-state index in [1.807, 2.05) is 30.1 Å². The number of carbonyl (C=O) groups excluding carboxylic acids is 1. The minimum absolute atomic E-state index is 0.000832. The van der Waals surface area contributed by atoms with Gasteiger partial charge in [0.15, 0.2) is 21.3 Å². The highest BCUT2D eigenvalue weighted by atomic mass is 32.2. The second-order valence-electron chi connectivity index (χ2n) is 6.78. The van der Waals surface area contributed by atoms with E-state index in [1.54, 1.807) is 21.1 Å². The topological polar surface area (TPSA) is 84.9 Å². The molecular formula is C17H26N2O5S. The van der Waals surface area contributed by atoms with Crippen LogP contribution in [0.15, 0.2) is 18.2 Å². The van der Waals surface area contributed by atoms with Gasteiger partial charge in [-0.1, -0.05) is 12.1 Å². The first-order chi connectivity index (χ1) is 11.7. The van der Waals surface area contributed by atoms with Gasteiger partial charge >= 0.3 is 0 Å². The van der Waals surface area contributed by atoms with Crippen LogP contribution in [-0.2, 0) is 21.2 Å². The average Bonchev–Trinajstić information content (AvgIpc) is 2.79. The predicted octanol–water partition coefficient (Wildman–Crippen LogP) is 0.829. The zero-order chi connectivity index (χ0) is 18.7. The van der Waals surface area contributed by atoms with Crippen molar-refractivity contribution in [2.45, 2.75) is 25.4 Å². The van der Waals surface area contributed by atoms with E-state index in [1.165, 1.54) is 0 Å². The fourth-order valence-corrected chi connectivity index (χ4v) is 5.25. The van der Waals surface area contributed by atoms with E-state index in [2.05, 4.69) is 5.32 Å². The first-order valence-electron chi connectivity index (χ1n) is 8.08. The Labute approximate surface area is 149 Å². The molecule has 1 heterocycles. The van der Waals surface area contributed by atoms with Gasteiger partial charge in [-0.25, -0.2) is 8.42 Å². The van der Waals surface area contributed by atoms with Crippen LogP contribution < -0.4 is 14.8 Å². The molecule has 1 fully saturated rings. The number of nitrogens with zero attached hydrogens (tertiary/aromatic N) is 1. The monoisotopic (exact) mass is 370 g/mol. The molecule has 0 spiro atoms. The van der Waals surface area contributed by atoms with Crippen LogP contribution in [0.1, 0.15) is 18.9 Å². The third kappa shape index (κ3) is 5.09. The lowest BCUT2D eigenvalue weighted by Crippen LogP contribution is -2.49. The van der Waals surface area contributed by atoms with Gasteiger partial charge in [-0.05, 0) is 26.5 Å². The first-order valence-corrected chi connectivity index (χ1v) is 9.90. The van der Waals surface area contributed by atoms with Crippen LogP contribution in [0.3, 0.4) is 0 Å². The van der Waals surface area contributed by atoms with Gasteiger partial charge in [0.1, 0.15) is 0 Å². The Morgan fingerprint density at radius 1 is 1.32 bits per heavy atom. The number of amides is 1. The Bertz CT molecular complexity index is 735. The van der Waals surface area contributed by atoms with E-state index >= 15 is 0 Å². The molecule has 0 unspecified atom stereocenters. The lowest BCUT2D eigenvalue weighted by atomic mass is 10.0. The highest BCUT2D eigenvalue weighted by Gasteiger charge is 2.39. The van der Waals surface area contributed by atoms with Crippen molar-refractivity contribution in [3.05, 3.63) is 23.8 Å². The molecule has 0 saturated carbocycles. The summed E-state index contributed by atoms with van der Waals surface area (Å²) in [6, 6.07) is 5.60. The number of methoxy groups -OCH3 is 2. The molecule has 8 heteroatoms. The third-order valence-electron chi connectivity index (χ3n) is 4.28. The number of sulfone groups is 1. The summed E-state index contributed by atoms with van der Waals surface area (Å²) in [7, 11) is 1.93. The average molecular weight is 370 g/mol. The third-order valence-corrected chi connectivity index (χ3v) is 6.19. The number of nitrogens with one attached hydrogen (secondary N) is 1. The Morgan fingerprint density at radius 2 is 2.04 bits per heavy atom. The van der Waals surface area contributed by atoms with Gasteiger partial charge in [0, 0.05) is 12.1 Å². The van der Waals surface area contributed by atoms with Gasteiger partial charge < -0.3 is 14.8 Å². The quantitative estimate of drug-likeness (QED) is 0.765. The van der Waals surface area contributed by atoms with E-state index in [9.17, 15) is 13.2 Å². The lowest BCUT2D eigenvalue weighted by Gasteiger charge is -2.26. The number of para-hydroxylation sites is 1. The molecule has 1 aromatic carbocycles. The van der Waals surface area contributed by atoms with Crippen LogP contribution in [0.5, 0.6) is 11.5 Å². The zero-order valence-corrected chi connectivity index (χ0v) is 16.0. The second kappa shape index (κ2) is 7.61. The number of hydrogen-bond acceptors (Lipinski definition) is 6. The zero-order valence-electron chi connectivity index (χ0n) is 15.2. The van der Waals surface area contributed by atoms with Crippen molar-refractivity contribution < 1.29 is 22.7 Å². The minimum atomic E-state index is -3.05. The van der Waals surface area contributed by atoms with Crippen molar-refractivity contribution >= 4 is 15.7 Å². The summed E-state index contributed by atoms with van der Waals surface area (Å²) in [6.07, 6.45) is 0.453. The molecule has 2 rings (SSSR count). The van der Waals surface area contributed by atoms with Crippen molar-refractivity contribution in [3.63, 3.8) is 0 Å². The molecule has 0 aliphatic carbocycles. The fraction of sp³-hybridized carbons (Fsp3) is 0.588. The van der Waals surface area contributed by atoms with Gasteiger partial charge in [0.2, 0.25) is 5.91 Å². The number of likely N-dealkylation sites (N-methyl/N-ethyl adjacent to an activating group) is 1. The molecule has 1 aliphatic heterocycles. The number of benzene rings is 1. The molecule has 0 aromatic heterocycles. The number of rotatable bonds is 7. The van der Waals surface area contributed by atoms with Crippen LogP contribution in [0, 0.1) is 0 Å². The van der Waals surface area contributed by atoms with Gasteiger partial charge in [-0.2, -0.15) is 0 Å². The van der Waals surface area contributed by atoms with E-state index in [0.29, 0.717) is 24.5 Å². The van der Waals surface area contributed by atoms with E-state index in [4.69, 9.17) is 9.47 Å². The van der Waals surface area contributed by atoms with Gasteiger partial charge in [0.25, 0.3) is 0 Å². The van der Waals surface area contributed by atoms with Crippen LogP contribution in [0.4, 0.5) is 0 Å². The SMILES string of the molecule is COc1cccc(CN(C)CC(=O)N[C@@]2(C)CCS(=O)(=O)C2)c1OC. The van der Waals surface area contributed by atoms with E-state index < -0.39 is 15.4 Å². The second-order valence-corrected chi connectivity index (χ2v) is 8.96. The highest BCUT2D eigenvalue weighted by molar-refractivity contribution is 7.91. The maximum atomic E-state index is 12.3. The molecule has 1 amide bonds. The summed E-state index contributed by atoms with van der Waals surface area (Å²) in [5, 5.41) is 2.86. The molecule has 0 radical (unpaired) electrons. The Morgan fingerprint density at radius 3 is 2.60 bits per heavy atom. The molecule has 140 valence electrons. The lowest BCUT2D eigenvalue weighted by molar-refractivity contribution is -0.123. The smallest absolute Gasteiger partial charge is 0.234 e. The predicted molar refractivity (Wildman–Crippen MR) is 95.7 cm³/mol. The van der Waals surface area contributed by atoms with Crippen molar-refractivity contribution in [1.29, 1.82) is 0 Å². The molecule has 1 N–H and O–H groups in total. The van der Waals surface area contributed by atoms with Crippen LogP contribution in [0.25, 0.3) is 0 Å². The largest absolute Gasteiger partial charge is 0.493 e. The summed E-state index contributed by atoms with van der Waals surface area (Å²) in [6.45, 7) is 2.44. The molecule has 1 aromatic rings. The summed E-state index contributed by atoms with van der Waals surface area (Å²) in [5.74, 6) is 1.22. The molecule has 7 nitrogen and oxygen atoms in total. The summed E-state index contributed by atoms with van der Waals surface area (Å²) < 4.78 is 34.0. The number of hydrogen-bond donors (Lipinski definition) is 1. The maximum absolute atomic E-state index is 12.3. The van der Waals surface area contributed by atoms with Gasteiger partial charge in [0.05, 0.1) is 37.8 Å². The van der Waals surface area contributed by atoms with Crippen molar-refractivity contribution in [2.24, 2.45) is 0 Å². The minimum Gasteiger partial charge on any atom is -0.493 e. The van der Waals surface area contributed by atoms with Crippen LogP contribution in [0.2, 0.25) is 0 Å². The summed E-state index contributed by atoms with van der Waals surface area (Å²) in [5.41, 5.74) is 0.233. The standard InChI is InChI=1S/C17H26N2O5S/c1-17(8-9-25(21,22)12-17)18-15(20)11-19(2)10-13-6-5-7-14(23-3)16(13)24-4/h5-7H,8-12H2,1-4H3,(H,18,20)/t17-/m0/s1. The molecule has 0 bridgehead atoms. The summed E-state index contributed by atoms with van der Waals surface area (Å²) >= 11 is 0. The van der Waals surface area contributed by atoms with Gasteiger partial charge in [-0.3, -0.25) is 9.69 Å². The van der Waals surface area contributed by atoms with Crippen molar-refractivity contribution in [1.82, 2.24) is 10.2 Å². The van der Waals surface area contributed by atoms with Crippen molar-refractivity contribution in [2.75, 3.05) is 39.3 Å². The Balaban J connectivity index is 1.96. The normalized spacial score (nSPS) is 22.0. The fourth-order valence-electron chi connectivity index (χ4n) is 3.16. The molecule has 25 heavy (non-hydrogen) atoms. The maximum Gasteiger partial charge on any atom is 0.234 e. The number of ether oxygens (including phenoxy) is 2. The Kier molecular flexibility index (Phi) is 5.95. The Hall–Kier alpha value is -1.80. The molecule has 1 aliphatic rings. The van der Waals surface area contributed by atoms with Crippen molar-refractivity contribution in [3.8, 4) is 11.5 Å². The first kappa shape index (κ1) is 19.5. The van der Waals surface area contributed by atoms with Gasteiger partial charge in [-0.15, -0.1) is 0 Å². The van der Waals surface area contributed by atoms with Crippen LogP contribution >= 0.6 is 0 Å². The molecule has 1 atom stereocenters.